The van der Waals surface area contributed by atoms with E-state index in [1.165, 1.54) is 0 Å². The number of rotatable bonds is 4. The molecule has 1 aliphatic rings. The van der Waals surface area contributed by atoms with Crippen LogP contribution in [0.4, 0.5) is 5.69 Å². The predicted molar refractivity (Wildman–Crippen MR) is 78.8 cm³/mol. The maximum atomic E-state index is 9.63. The highest BCUT2D eigenvalue weighted by molar-refractivity contribution is 5.51. The Morgan fingerprint density at radius 1 is 1.50 bits per heavy atom. The highest BCUT2D eigenvalue weighted by Gasteiger charge is 2.38. The van der Waals surface area contributed by atoms with Crippen molar-refractivity contribution in [3.05, 3.63) is 24.3 Å². The third-order valence-electron chi connectivity index (χ3n) is 3.82. The monoisotopic (exact) mass is 274 g/mol. The normalized spacial score (nSPS) is 26.1. The lowest BCUT2D eigenvalue weighted by molar-refractivity contribution is -0.0272. The molecule has 0 saturated carbocycles. The number of nitrogens with zero attached hydrogens (tertiary/aromatic N) is 1. The van der Waals surface area contributed by atoms with Crippen molar-refractivity contribution in [1.82, 2.24) is 0 Å². The zero-order valence-corrected chi connectivity index (χ0v) is 12.3. The molecule has 1 N–H and O–H groups in total. The summed E-state index contributed by atoms with van der Waals surface area (Å²) >= 11 is 0. The fraction of sp³-hybridized carbons (Fsp3) is 0.562. The zero-order chi connectivity index (χ0) is 14.6. The summed E-state index contributed by atoms with van der Waals surface area (Å²) in [5, 5.41) is 13.0. The minimum absolute atomic E-state index is 0.126. The van der Waals surface area contributed by atoms with Gasteiger partial charge in [0.2, 0.25) is 0 Å². The maximum absolute atomic E-state index is 9.63. The summed E-state index contributed by atoms with van der Waals surface area (Å²) in [6.45, 7) is 4.88. The van der Waals surface area contributed by atoms with Crippen LogP contribution in [-0.4, -0.2) is 25.4 Å². The SMILES string of the molecule is COc1cccc(NC2(C#N)CCOC(C(C)C)C2)c1. The van der Waals surface area contributed by atoms with Crippen molar-refractivity contribution >= 4 is 5.69 Å². The maximum Gasteiger partial charge on any atom is 0.130 e. The first-order valence-corrected chi connectivity index (χ1v) is 7.04. The highest BCUT2D eigenvalue weighted by atomic mass is 16.5. The number of nitrogens with one attached hydrogen (secondary N) is 1. The van der Waals surface area contributed by atoms with Crippen LogP contribution in [0.15, 0.2) is 24.3 Å². The number of anilines is 1. The molecule has 1 aromatic rings. The number of benzene rings is 1. The van der Waals surface area contributed by atoms with Crippen LogP contribution < -0.4 is 10.1 Å². The number of nitriles is 1. The van der Waals surface area contributed by atoms with Gasteiger partial charge in [-0.25, -0.2) is 0 Å². The van der Waals surface area contributed by atoms with Gasteiger partial charge in [-0.1, -0.05) is 19.9 Å². The molecule has 0 bridgehead atoms. The standard InChI is InChI=1S/C16H22N2O2/c1-12(2)15-10-16(11-17,7-8-20-15)18-13-5-4-6-14(9-13)19-3/h4-6,9,12,15,18H,7-8,10H2,1-3H3. The van der Waals surface area contributed by atoms with Gasteiger partial charge in [0, 0.05) is 24.6 Å². The molecule has 0 radical (unpaired) electrons. The molecule has 2 rings (SSSR count). The average Bonchev–Trinajstić information content (AvgIpc) is 2.47. The van der Waals surface area contributed by atoms with Gasteiger partial charge in [-0.15, -0.1) is 0 Å². The lowest BCUT2D eigenvalue weighted by atomic mass is 9.84. The van der Waals surface area contributed by atoms with Gasteiger partial charge in [-0.3, -0.25) is 0 Å². The first-order chi connectivity index (χ1) is 9.58. The zero-order valence-electron chi connectivity index (χ0n) is 12.3. The van der Waals surface area contributed by atoms with E-state index in [0.717, 1.165) is 11.4 Å². The first kappa shape index (κ1) is 14.7. The van der Waals surface area contributed by atoms with Gasteiger partial charge in [-0.2, -0.15) is 5.26 Å². The van der Waals surface area contributed by atoms with Gasteiger partial charge in [0.25, 0.3) is 0 Å². The van der Waals surface area contributed by atoms with E-state index < -0.39 is 5.54 Å². The summed E-state index contributed by atoms with van der Waals surface area (Å²) < 4.78 is 11.0. The number of methoxy groups -OCH3 is 1. The summed E-state index contributed by atoms with van der Waals surface area (Å²) in [4.78, 5) is 0. The van der Waals surface area contributed by atoms with Crippen LogP contribution in [0.1, 0.15) is 26.7 Å². The van der Waals surface area contributed by atoms with Crippen molar-refractivity contribution in [2.24, 2.45) is 5.92 Å². The van der Waals surface area contributed by atoms with E-state index in [-0.39, 0.29) is 6.10 Å². The van der Waals surface area contributed by atoms with Crippen molar-refractivity contribution in [2.45, 2.75) is 38.3 Å². The van der Waals surface area contributed by atoms with Crippen LogP contribution in [0.2, 0.25) is 0 Å². The molecule has 1 fully saturated rings. The van der Waals surface area contributed by atoms with Crippen LogP contribution in [0.25, 0.3) is 0 Å². The third-order valence-corrected chi connectivity index (χ3v) is 3.82. The summed E-state index contributed by atoms with van der Waals surface area (Å²) in [5.74, 6) is 1.20. The Morgan fingerprint density at radius 3 is 2.95 bits per heavy atom. The molecule has 4 nitrogen and oxygen atoms in total. The second-order valence-electron chi connectivity index (χ2n) is 5.66. The molecule has 0 aliphatic carbocycles. The minimum atomic E-state index is -0.556. The van der Waals surface area contributed by atoms with Crippen molar-refractivity contribution in [3.63, 3.8) is 0 Å². The second-order valence-corrected chi connectivity index (χ2v) is 5.66. The van der Waals surface area contributed by atoms with Gasteiger partial charge in [-0.05, 0) is 18.1 Å². The number of hydrogen-bond donors (Lipinski definition) is 1. The minimum Gasteiger partial charge on any atom is -0.497 e. The Labute approximate surface area is 120 Å². The largest absolute Gasteiger partial charge is 0.497 e. The van der Waals surface area contributed by atoms with Gasteiger partial charge >= 0.3 is 0 Å². The predicted octanol–water partition coefficient (Wildman–Crippen LogP) is 3.20. The molecular weight excluding hydrogens is 252 g/mol. The Balaban J connectivity index is 2.17. The Bertz CT molecular complexity index is 495. The van der Waals surface area contributed by atoms with Gasteiger partial charge in [0.05, 0.1) is 25.9 Å². The van der Waals surface area contributed by atoms with Gasteiger partial charge < -0.3 is 14.8 Å². The van der Waals surface area contributed by atoms with E-state index in [1.54, 1.807) is 7.11 Å². The average molecular weight is 274 g/mol. The molecule has 0 aromatic heterocycles. The van der Waals surface area contributed by atoms with E-state index in [2.05, 4.69) is 25.2 Å². The van der Waals surface area contributed by atoms with Crippen molar-refractivity contribution in [3.8, 4) is 11.8 Å². The summed E-state index contributed by atoms with van der Waals surface area (Å²) in [6, 6.07) is 10.1. The molecule has 1 aromatic carbocycles. The van der Waals surface area contributed by atoms with Crippen LogP contribution >= 0.6 is 0 Å². The Hall–Kier alpha value is -1.73. The number of hydrogen-bond acceptors (Lipinski definition) is 4. The molecule has 2 unspecified atom stereocenters. The lowest BCUT2D eigenvalue weighted by Gasteiger charge is -2.38. The van der Waals surface area contributed by atoms with E-state index in [9.17, 15) is 5.26 Å². The van der Waals surface area contributed by atoms with E-state index in [1.807, 2.05) is 24.3 Å². The highest BCUT2D eigenvalue weighted by Crippen LogP contribution is 2.32. The Kier molecular flexibility index (Phi) is 4.51. The van der Waals surface area contributed by atoms with Crippen LogP contribution in [0, 0.1) is 17.2 Å². The molecule has 1 heterocycles. The third kappa shape index (κ3) is 3.23. The molecule has 2 atom stereocenters. The topological polar surface area (TPSA) is 54.3 Å². The van der Waals surface area contributed by atoms with Crippen molar-refractivity contribution in [2.75, 3.05) is 19.0 Å². The molecule has 20 heavy (non-hydrogen) atoms. The Morgan fingerprint density at radius 2 is 2.30 bits per heavy atom. The van der Waals surface area contributed by atoms with E-state index >= 15 is 0 Å². The van der Waals surface area contributed by atoms with Crippen LogP contribution in [-0.2, 0) is 4.74 Å². The molecule has 4 heteroatoms. The fourth-order valence-electron chi connectivity index (χ4n) is 2.54. The molecule has 0 spiro atoms. The van der Waals surface area contributed by atoms with Crippen molar-refractivity contribution in [1.29, 1.82) is 5.26 Å². The fourth-order valence-corrected chi connectivity index (χ4v) is 2.54. The van der Waals surface area contributed by atoms with Gasteiger partial charge in [0.1, 0.15) is 11.3 Å². The second kappa shape index (κ2) is 6.15. The van der Waals surface area contributed by atoms with E-state index in [0.29, 0.717) is 25.4 Å². The molecule has 0 amide bonds. The van der Waals surface area contributed by atoms with E-state index in [4.69, 9.17) is 9.47 Å². The van der Waals surface area contributed by atoms with Gasteiger partial charge in [0.15, 0.2) is 0 Å². The molecular formula is C16H22N2O2. The van der Waals surface area contributed by atoms with Crippen LogP contribution in [0.5, 0.6) is 5.75 Å². The van der Waals surface area contributed by atoms with Crippen LogP contribution in [0.3, 0.4) is 0 Å². The smallest absolute Gasteiger partial charge is 0.130 e. The number of ether oxygens (including phenoxy) is 2. The molecule has 108 valence electrons. The summed E-state index contributed by atoms with van der Waals surface area (Å²) in [7, 11) is 1.64. The lowest BCUT2D eigenvalue weighted by Crippen LogP contribution is -2.47. The quantitative estimate of drug-likeness (QED) is 0.916. The summed E-state index contributed by atoms with van der Waals surface area (Å²) in [6.07, 6.45) is 1.53. The first-order valence-electron chi connectivity index (χ1n) is 7.04. The summed E-state index contributed by atoms with van der Waals surface area (Å²) in [5.41, 5.74) is 0.356. The van der Waals surface area contributed by atoms with Crippen molar-refractivity contribution < 1.29 is 9.47 Å². The molecule has 1 saturated heterocycles. The molecule has 1 aliphatic heterocycles.